The van der Waals surface area contributed by atoms with Gasteiger partial charge in [0.2, 0.25) is 0 Å². The SMILES string of the molecule is O=c1ccc(-c2ccncc2)nn1C1CCC(Nc2nc3c(s2)COCC3)CC1. The van der Waals surface area contributed by atoms with Crippen molar-refractivity contribution in [2.75, 3.05) is 11.9 Å². The number of nitrogens with zero attached hydrogens (tertiary/aromatic N) is 4. The molecule has 0 radical (unpaired) electrons. The third kappa shape index (κ3) is 3.95. The van der Waals surface area contributed by atoms with Crippen LogP contribution in [0.4, 0.5) is 5.13 Å². The number of nitrogens with one attached hydrogen (secondary N) is 1. The average molecular weight is 410 g/mol. The molecule has 1 aliphatic heterocycles. The number of rotatable bonds is 4. The van der Waals surface area contributed by atoms with E-state index in [0.717, 1.165) is 55.1 Å². The third-order valence-corrected chi connectivity index (χ3v) is 6.67. The molecule has 0 amide bonds. The molecule has 0 bridgehead atoms. The van der Waals surface area contributed by atoms with Crippen LogP contribution in [0.3, 0.4) is 0 Å². The van der Waals surface area contributed by atoms with E-state index < -0.39 is 0 Å². The lowest BCUT2D eigenvalue weighted by molar-refractivity contribution is 0.112. The number of pyridine rings is 1. The molecule has 2 aliphatic rings. The minimum atomic E-state index is -0.0354. The van der Waals surface area contributed by atoms with Gasteiger partial charge in [0, 0.05) is 36.5 Å². The molecule has 0 saturated heterocycles. The summed E-state index contributed by atoms with van der Waals surface area (Å²) in [6.07, 6.45) is 8.25. The smallest absolute Gasteiger partial charge is 0.267 e. The molecule has 1 fully saturated rings. The van der Waals surface area contributed by atoms with Crippen LogP contribution in [-0.2, 0) is 17.8 Å². The van der Waals surface area contributed by atoms with Crippen molar-refractivity contribution >= 4 is 16.5 Å². The van der Waals surface area contributed by atoms with E-state index in [-0.39, 0.29) is 11.6 Å². The number of fused-ring (bicyclic) bond motifs is 1. The summed E-state index contributed by atoms with van der Waals surface area (Å²) in [6.45, 7) is 1.45. The molecule has 4 heterocycles. The fourth-order valence-electron chi connectivity index (χ4n) is 4.09. The second kappa shape index (κ2) is 8.04. The first-order chi connectivity index (χ1) is 14.3. The highest BCUT2D eigenvalue weighted by Crippen LogP contribution is 2.32. The van der Waals surface area contributed by atoms with Gasteiger partial charge in [-0.15, -0.1) is 0 Å². The second-order valence-corrected chi connectivity index (χ2v) is 8.66. The van der Waals surface area contributed by atoms with Crippen LogP contribution >= 0.6 is 11.3 Å². The summed E-state index contributed by atoms with van der Waals surface area (Å²) in [5.74, 6) is 0. The number of hydrogen-bond donors (Lipinski definition) is 1. The van der Waals surface area contributed by atoms with Crippen LogP contribution in [0.15, 0.2) is 41.5 Å². The standard InChI is InChI=1S/C21H23N5O2S/c27-20-6-5-17(14-7-10-22-11-8-14)25-26(20)16-3-1-15(2-4-16)23-21-24-18-9-12-28-13-19(18)29-21/h5-8,10-11,15-16H,1-4,9,12-13H2,(H,23,24). The van der Waals surface area contributed by atoms with E-state index in [4.69, 9.17) is 9.72 Å². The van der Waals surface area contributed by atoms with Crippen LogP contribution in [0, 0.1) is 0 Å². The first kappa shape index (κ1) is 18.4. The first-order valence-corrected chi connectivity index (χ1v) is 10.9. The van der Waals surface area contributed by atoms with E-state index in [9.17, 15) is 4.79 Å². The van der Waals surface area contributed by atoms with Gasteiger partial charge in [0.25, 0.3) is 5.56 Å². The van der Waals surface area contributed by atoms with Crippen LogP contribution in [-0.4, -0.2) is 32.4 Å². The van der Waals surface area contributed by atoms with Crippen molar-refractivity contribution in [1.82, 2.24) is 19.7 Å². The van der Waals surface area contributed by atoms with Crippen molar-refractivity contribution in [3.63, 3.8) is 0 Å². The van der Waals surface area contributed by atoms with Gasteiger partial charge in [-0.2, -0.15) is 5.10 Å². The Morgan fingerprint density at radius 2 is 1.93 bits per heavy atom. The van der Waals surface area contributed by atoms with Crippen molar-refractivity contribution in [3.05, 3.63) is 57.6 Å². The number of anilines is 1. The van der Waals surface area contributed by atoms with Crippen molar-refractivity contribution in [3.8, 4) is 11.3 Å². The van der Waals surface area contributed by atoms with Crippen LogP contribution < -0.4 is 10.9 Å². The van der Waals surface area contributed by atoms with E-state index in [0.29, 0.717) is 12.6 Å². The number of ether oxygens (including phenoxy) is 1. The number of hydrogen-bond acceptors (Lipinski definition) is 7. The fourth-order valence-corrected chi connectivity index (χ4v) is 5.11. The Morgan fingerprint density at radius 1 is 1.10 bits per heavy atom. The molecule has 3 aromatic rings. The summed E-state index contributed by atoms with van der Waals surface area (Å²) in [5, 5.41) is 9.25. The van der Waals surface area contributed by atoms with Crippen LogP contribution in [0.1, 0.15) is 42.3 Å². The summed E-state index contributed by atoms with van der Waals surface area (Å²) in [6, 6.07) is 7.76. The van der Waals surface area contributed by atoms with E-state index in [1.165, 1.54) is 10.6 Å². The molecule has 1 N–H and O–H groups in total. The number of aromatic nitrogens is 4. The topological polar surface area (TPSA) is 81.9 Å². The molecule has 0 spiro atoms. The third-order valence-electron chi connectivity index (χ3n) is 5.67. The highest BCUT2D eigenvalue weighted by molar-refractivity contribution is 7.15. The molecule has 1 saturated carbocycles. The predicted molar refractivity (Wildman–Crippen MR) is 112 cm³/mol. The summed E-state index contributed by atoms with van der Waals surface area (Å²) in [4.78, 5) is 22.5. The maximum absolute atomic E-state index is 12.4. The Bertz CT molecular complexity index is 1020. The highest BCUT2D eigenvalue weighted by atomic mass is 32.1. The normalized spacial score (nSPS) is 21.5. The number of thiazole rings is 1. The zero-order valence-electron chi connectivity index (χ0n) is 16.1. The lowest BCUT2D eigenvalue weighted by Crippen LogP contribution is -2.33. The fraction of sp³-hybridized carbons (Fsp3) is 0.429. The summed E-state index contributed by atoms with van der Waals surface area (Å²) in [7, 11) is 0. The maximum atomic E-state index is 12.4. The molecule has 29 heavy (non-hydrogen) atoms. The zero-order valence-corrected chi connectivity index (χ0v) is 16.9. The Hall–Kier alpha value is -2.58. The summed E-state index contributed by atoms with van der Waals surface area (Å²) >= 11 is 1.71. The van der Waals surface area contributed by atoms with Crippen molar-refractivity contribution in [2.24, 2.45) is 0 Å². The molecular weight excluding hydrogens is 386 g/mol. The van der Waals surface area contributed by atoms with Gasteiger partial charge in [-0.1, -0.05) is 11.3 Å². The van der Waals surface area contributed by atoms with Crippen molar-refractivity contribution in [2.45, 2.75) is 50.8 Å². The Labute approximate surface area is 172 Å². The summed E-state index contributed by atoms with van der Waals surface area (Å²) in [5.41, 5.74) is 2.93. The Morgan fingerprint density at radius 3 is 2.72 bits per heavy atom. The van der Waals surface area contributed by atoms with E-state index in [1.807, 2.05) is 12.1 Å². The monoisotopic (exact) mass is 409 g/mol. The van der Waals surface area contributed by atoms with Gasteiger partial charge in [0.15, 0.2) is 5.13 Å². The van der Waals surface area contributed by atoms with Crippen LogP contribution in [0.25, 0.3) is 11.3 Å². The first-order valence-electron chi connectivity index (χ1n) is 10.1. The minimum Gasteiger partial charge on any atom is -0.375 e. The maximum Gasteiger partial charge on any atom is 0.267 e. The average Bonchev–Trinajstić information content (AvgIpc) is 3.18. The molecule has 1 aliphatic carbocycles. The van der Waals surface area contributed by atoms with E-state index in [2.05, 4.69) is 15.4 Å². The van der Waals surface area contributed by atoms with Gasteiger partial charge in [-0.25, -0.2) is 9.67 Å². The lowest BCUT2D eigenvalue weighted by atomic mass is 9.91. The molecule has 0 aromatic carbocycles. The molecule has 3 aromatic heterocycles. The second-order valence-electron chi connectivity index (χ2n) is 7.58. The Balaban J connectivity index is 1.26. The predicted octanol–water partition coefficient (Wildman–Crippen LogP) is 3.43. The Kier molecular flexibility index (Phi) is 5.12. The molecule has 0 atom stereocenters. The van der Waals surface area contributed by atoms with Gasteiger partial charge < -0.3 is 10.1 Å². The van der Waals surface area contributed by atoms with Crippen molar-refractivity contribution < 1.29 is 4.74 Å². The van der Waals surface area contributed by atoms with Crippen LogP contribution in [0.2, 0.25) is 0 Å². The summed E-state index contributed by atoms with van der Waals surface area (Å²) < 4.78 is 7.19. The van der Waals surface area contributed by atoms with E-state index >= 15 is 0 Å². The van der Waals surface area contributed by atoms with Gasteiger partial charge in [-0.05, 0) is 43.9 Å². The molecule has 8 heteroatoms. The quantitative estimate of drug-likeness (QED) is 0.711. The largest absolute Gasteiger partial charge is 0.375 e. The zero-order chi connectivity index (χ0) is 19.6. The molecule has 150 valence electrons. The molecule has 0 unspecified atom stereocenters. The van der Waals surface area contributed by atoms with Gasteiger partial charge in [-0.3, -0.25) is 9.78 Å². The lowest BCUT2D eigenvalue weighted by Gasteiger charge is -2.29. The van der Waals surface area contributed by atoms with Crippen LogP contribution in [0.5, 0.6) is 0 Å². The molecular formula is C21H23N5O2S. The highest BCUT2D eigenvalue weighted by Gasteiger charge is 2.25. The minimum absolute atomic E-state index is 0.0354. The van der Waals surface area contributed by atoms with Gasteiger partial charge >= 0.3 is 0 Å². The van der Waals surface area contributed by atoms with E-state index in [1.54, 1.807) is 40.5 Å². The van der Waals surface area contributed by atoms with Gasteiger partial charge in [0.05, 0.1) is 35.5 Å². The van der Waals surface area contributed by atoms with Gasteiger partial charge in [0.1, 0.15) is 0 Å². The molecule has 5 rings (SSSR count). The van der Waals surface area contributed by atoms with Crippen molar-refractivity contribution in [1.29, 1.82) is 0 Å². The molecule has 7 nitrogen and oxygen atoms in total.